The quantitative estimate of drug-likeness (QED) is 0.376. The second-order valence-corrected chi connectivity index (χ2v) is 4.98. The van der Waals surface area contributed by atoms with Gasteiger partial charge < -0.3 is 5.53 Å². The van der Waals surface area contributed by atoms with Crippen LogP contribution in [0, 0.1) is 0 Å². The fourth-order valence-electron chi connectivity index (χ4n) is 2.30. The molecule has 0 aromatic rings. The predicted octanol–water partition coefficient (Wildman–Crippen LogP) is 3.10. The molecule has 1 saturated carbocycles. The van der Waals surface area contributed by atoms with E-state index in [9.17, 15) is 9.59 Å². The Morgan fingerprint density at radius 2 is 1.17 bits per heavy atom. The Balaban J connectivity index is 2.55. The lowest BCUT2D eigenvalue weighted by Crippen LogP contribution is -2.24. The van der Waals surface area contributed by atoms with E-state index in [4.69, 9.17) is 5.53 Å². The van der Waals surface area contributed by atoms with Gasteiger partial charge >= 0.3 is 11.5 Å². The summed E-state index contributed by atoms with van der Waals surface area (Å²) in [6.07, 6.45) is 10.3. The van der Waals surface area contributed by atoms with Crippen LogP contribution in [0.25, 0.3) is 5.53 Å². The predicted molar refractivity (Wildman–Crippen MR) is 69.4 cm³/mol. The van der Waals surface area contributed by atoms with Gasteiger partial charge in [0.05, 0.1) is 6.42 Å². The molecule has 0 spiro atoms. The van der Waals surface area contributed by atoms with Gasteiger partial charge in [-0.05, 0) is 12.8 Å². The number of Topliss-reactive ketones (excluding diaryl/α,β-unsaturated/α-hetero) is 2. The van der Waals surface area contributed by atoms with Gasteiger partial charge in [0.25, 0.3) is 0 Å². The molecule has 0 radical (unpaired) electrons. The highest BCUT2D eigenvalue weighted by atomic mass is 16.2. The van der Waals surface area contributed by atoms with Gasteiger partial charge in [0, 0.05) is 6.42 Å². The van der Waals surface area contributed by atoms with Gasteiger partial charge in [-0.1, -0.05) is 44.9 Å². The minimum Gasteiger partial charge on any atom is -0.361 e. The van der Waals surface area contributed by atoms with E-state index in [1.165, 1.54) is 19.3 Å². The lowest BCUT2D eigenvalue weighted by Gasteiger charge is -2.03. The number of carbonyl (C=O) groups is 2. The molecule has 4 nitrogen and oxygen atoms in total. The van der Waals surface area contributed by atoms with Crippen LogP contribution < -0.4 is 0 Å². The molecule has 0 atom stereocenters. The molecule has 0 unspecified atom stereocenters. The molecule has 18 heavy (non-hydrogen) atoms. The van der Waals surface area contributed by atoms with Crippen molar-refractivity contribution in [1.82, 2.24) is 0 Å². The molecule has 0 saturated heterocycles. The molecule has 0 aromatic carbocycles. The first-order valence-electron chi connectivity index (χ1n) is 7.04. The zero-order chi connectivity index (χ0) is 13.2. The molecule has 100 valence electrons. The second kappa shape index (κ2) is 8.76. The van der Waals surface area contributed by atoms with E-state index in [-0.39, 0.29) is 12.1 Å². The van der Waals surface area contributed by atoms with Gasteiger partial charge in [0.1, 0.15) is 0 Å². The SMILES string of the molecule is [N-]=[N+]=C1CCCCCCCCCCCC(=O)C1=O. The highest BCUT2D eigenvalue weighted by molar-refractivity contribution is 6.64. The third-order valence-corrected chi connectivity index (χ3v) is 3.45. The third-order valence-electron chi connectivity index (χ3n) is 3.45. The van der Waals surface area contributed by atoms with Crippen molar-refractivity contribution < 1.29 is 14.4 Å². The van der Waals surface area contributed by atoms with Gasteiger partial charge in [-0.15, -0.1) is 0 Å². The topological polar surface area (TPSA) is 70.5 Å². The Labute approximate surface area is 108 Å². The molecule has 1 fully saturated rings. The van der Waals surface area contributed by atoms with Crippen molar-refractivity contribution >= 4 is 17.3 Å². The summed E-state index contributed by atoms with van der Waals surface area (Å²) in [5.74, 6) is -0.991. The highest BCUT2D eigenvalue weighted by Crippen LogP contribution is 2.13. The molecule has 0 aromatic heterocycles. The van der Waals surface area contributed by atoms with Crippen LogP contribution in [0.2, 0.25) is 0 Å². The average Bonchev–Trinajstić information content (AvgIpc) is 2.38. The number of ketones is 2. The van der Waals surface area contributed by atoms with E-state index in [1.54, 1.807) is 0 Å². The summed E-state index contributed by atoms with van der Waals surface area (Å²) in [7, 11) is 0. The lowest BCUT2D eigenvalue weighted by molar-refractivity contribution is -0.135. The summed E-state index contributed by atoms with van der Waals surface area (Å²) in [4.78, 5) is 26.3. The first-order valence-corrected chi connectivity index (χ1v) is 7.04. The van der Waals surface area contributed by atoms with E-state index in [2.05, 4.69) is 4.79 Å². The van der Waals surface area contributed by atoms with E-state index in [0.29, 0.717) is 6.42 Å². The van der Waals surface area contributed by atoms with Gasteiger partial charge in [-0.3, -0.25) is 9.59 Å². The minimum absolute atomic E-state index is 0.0389. The van der Waals surface area contributed by atoms with E-state index in [1.807, 2.05) is 0 Å². The van der Waals surface area contributed by atoms with E-state index < -0.39 is 11.6 Å². The third kappa shape index (κ3) is 5.37. The van der Waals surface area contributed by atoms with Gasteiger partial charge in [0.15, 0.2) is 0 Å². The normalized spacial score (nSPS) is 21.2. The minimum atomic E-state index is -0.588. The summed E-state index contributed by atoms with van der Waals surface area (Å²) in [6, 6.07) is 0. The van der Waals surface area contributed by atoms with Crippen molar-refractivity contribution in [3.63, 3.8) is 0 Å². The second-order valence-electron chi connectivity index (χ2n) is 4.98. The van der Waals surface area contributed by atoms with E-state index >= 15 is 0 Å². The largest absolute Gasteiger partial charge is 0.361 e. The molecule has 0 heterocycles. The fraction of sp³-hybridized carbons (Fsp3) is 0.786. The molecule has 0 aliphatic heterocycles. The maximum absolute atomic E-state index is 11.7. The number of hydrogen-bond acceptors (Lipinski definition) is 2. The Morgan fingerprint density at radius 1 is 0.722 bits per heavy atom. The summed E-state index contributed by atoms with van der Waals surface area (Å²) in [5.41, 5.74) is 8.84. The van der Waals surface area contributed by atoms with Crippen molar-refractivity contribution in [3.8, 4) is 0 Å². The van der Waals surface area contributed by atoms with Crippen LogP contribution in [-0.2, 0) is 9.59 Å². The Hall–Kier alpha value is -1.28. The van der Waals surface area contributed by atoms with Crippen molar-refractivity contribution in [2.24, 2.45) is 0 Å². The standard InChI is InChI=1S/C14H22N2O2/c15-16-12-10-8-6-4-2-1-3-5-7-9-11-13(17)14(12)18/h1-11H2. The molecular weight excluding hydrogens is 228 g/mol. The number of nitrogens with zero attached hydrogens (tertiary/aromatic N) is 2. The number of hydrogen-bond donors (Lipinski definition) is 0. The zero-order valence-corrected chi connectivity index (χ0v) is 11.0. The Bertz CT molecular complexity index is 344. The van der Waals surface area contributed by atoms with Gasteiger partial charge in [-0.2, -0.15) is 4.79 Å². The van der Waals surface area contributed by atoms with Crippen LogP contribution in [0.3, 0.4) is 0 Å². The van der Waals surface area contributed by atoms with Crippen LogP contribution in [0.15, 0.2) is 0 Å². The summed E-state index contributed by atoms with van der Waals surface area (Å²) < 4.78 is 0. The lowest BCUT2D eigenvalue weighted by atomic mass is 9.99. The summed E-state index contributed by atoms with van der Waals surface area (Å²) in [5, 5.41) is 0. The van der Waals surface area contributed by atoms with Gasteiger partial charge in [-0.25, -0.2) is 0 Å². The average molecular weight is 250 g/mol. The Morgan fingerprint density at radius 3 is 1.67 bits per heavy atom. The van der Waals surface area contributed by atoms with Crippen LogP contribution in [0.4, 0.5) is 0 Å². The monoisotopic (exact) mass is 250 g/mol. The molecule has 0 bridgehead atoms. The van der Waals surface area contributed by atoms with Crippen molar-refractivity contribution in [3.05, 3.63) is 5.53 Å². The van der Waals surface area contributed by atoms with Crippen molar-refractivity contribution in [1.29, 1.82) is 0 Å². The van der Waals surface area contributed by atoms with Crippen molar-refractivity contribution in [2.45, 2.75) is 70.6 Å². The molecule has 1 rings (SSSR count). The maximum atomic E-state index is 11.7. The number of rotatable bonds is 0. The van der Waals surface area contributed by atoms with Gasteiger partial charge in [0.2, 0.25) is 5.78 Å². The fourth-order valence-corrected chi connectivity index (χ4v) is 2.30. The molecule has 0 amide bonds. The summed E-state index contributed by atoms with van der Waals surface area (Å²) in [6.45, 7) is 0. The zero-order valence-electron chi connectivity index (χ0n) is 11.0. The molecule has 0 N–H and O–H groups in total. The number of carbonyl (C=O) groups excluding carboxylic acids is 2. The van der Waals surface area contributed by atoms with Crippen LogP contribution in [0.5, 0.6) is 0 Å². The first-order chi connectivity index (χ1) is 8.75. The molecule has 1 aliphatic carbocycles. The molecule has 1 aliphatic rings. The van der Waals surface area contributed by atoms with Crippen LogP contribution in [-0.4, -0.2) is 22.1 Å². The maximum Gasteiger partial charge on any atom is 0.342 e. The molecule has 4 heteroatoms. The van der Waals surface area contributed by atoms with Crippen molar-refractivity contribution in [2.75, 3.05) is 0 Å². The smallest absolute Gasteiger partial charge is 0.342 e. The highest BCUT2D eigenvalue weighted by Gasteiger charge is 2.26. The van der Waals surface area contributed by atoms with Crippen LogP contribution in [0.1, 0.15) is 70.6 Å². The Kier molecular flexibility index (Phi) is 7.19. The van der Waals surface area contributed by atoms with Crippen LogP contribution >= 0.6 is 0 Å². The van der Waals surface area contributed by atoms with E-state index in [0.717, 1.165) is 38.5 Å². The molecular formula is C14H22N2O2. The first kappa shape index (κ1) is 14.8. The summed E-state index contributed by atoms with van der Waals surface area (Å²) >= 11 is 0.